The van der Waals surface area contributed by atoms with Gasteiger partial charge in [-0.1, -0.05) is 36.4 Å². The molecule has 0 amide bonds. The third-order valence-corrected chi connectivity index (χ3v) is 3.29. The lowest BCUT2D eigenvalue weighted by Gasteiger charge is -2.15. The minimum atomic E-state index is -0.202. The van der Waals surface area contributed by atoms with E-state index in [2.05, 4.69) is 0 Å². The van der Waals surface area contributed by atoms with Gasteiger partial charge in [0.25, 0.3) is 0 Å². The van der Waals surface area contributed by atoms with E-state index in [1.807, 2.05) is 48.5 Å². The lowest BCUT2D eigenvalue weighted by atomic mass is 10.0. The normalized spacial score (nSPS) is 12.0. The van der Waals surface area contributed by atoms with Crippen LogP contribution >= 0.6 is 0 Å². The Bertz CT molecular complexity index is 557. The van der Waals surface area contributed by atoms with Gasteiger partial charge in [-0.05, 0) is 29.7 Å². The van der Waals surface area contributed by atoms with Gasteiger partial charge in [-0.25, -0.2) is 0 Å². The van der Waals surface area contributed by atoms with Crippen molar-refractivity contribution in [2.24, 2.45) is 5.73 Å². The summed E-state index contributed by atoms with van der Waals surface area (Å²) in [6.07, 6.45) is 0.521. The van der Waals surface area contributed by atoms with Crippen molar-refractivity contribution >= 4 is 0 Å². The summed E-state index contributed by atoms with van der Waals surface area (Å²) in [6.45, 7) is 0.551. The monoisotopic (exact) mass is 287 g/mol. The molecule has 0 aliphatic rings. The van der Waals surface area contributed by atoms with Crippen molar-refractivity contribution in [2.45, 2.75) is 19.1 Å². The van der Waals surface area contributed by atoms with Gasteiger partial charge in [-0.3, -0.25) is 0 Å². The maximum Gasteiger partial charge on any atom is 0.161 e. The minimum absolute atomic E-state index is 0.0652. The lowest BCUT2D eigenvalue weighted by molar-refractivity contribution is 0.275. The molecule has 2 aromatic carbocycles. The van der Waals surface area contributed by atoms with Gasteiger partial charge in [-0.15, -0.1) is 0 Å². The van der Waals surface area contributed by atoms with Gasteiger partial charge in [0.2, 0.25) is 0 Å². The van der Waals surface area contributed by atoms with Crippen molar-refractivity contribution in [1.82, 2.24) is 0 Å². The Balaban J connectivity index is 2.09. The van der Waals surface area contributed by atoms with Gasteiger partial charge in [0.05, 0.1) is 7.11 Å². The van der Waals surface area contributed by atoms with Gasteiger partial charge in [0, 0.05) is 12.6 Å². The summed E-state index contributed by atoms with van der Waals surface area (Å²) >= 11 is 0. The number of ether oxygens (including phenoxy) is 2. The van der Waals surface area contributed by atoms with Crippen LogP contribution in [0.3, 0.4) is 0 Å². The van der Waals surface area contributed by atoms with Crippen molar-refractivity contribution < 1.29 is 14.6 Å². The Hall–Kier alpha value is -2.04. The van der Waals surface area contributed by atoms with Gasteiger partial charge in [0.1, 0.15) is 6.61 Å². The Morgan fingerprint density at radius 1 is 1.10 bits per heavy atom. The first kappa shape index (κ1) is 15.4. The highest BCUT2D eigenvalue weighted by Crippen LogP contribution is 2.31. The molecule has 0 aliphatic carbocycles. The lowest BCUT2D eigenvalue weighted by Crippen LogP contribution is -2.12. The van der Waals surface area contributed by atoms with Gasteiger partial charge in [-0.2, -0.15) is 0 Å². The largest absolute Gasteiger partial charge is 0.493 e. The standard InChI is InChI=1S/C17H21NO3/c1-20-17-11-14(15(18)9-10-19)7-8-16(17)21-12-13-5-3-2-4-6-13/h2-8,11,15,19H,9-10,12,18H2,1H3. The predicted molar refractivity (Wildman–Crippen MR) is 82.4 cm³/mol. The second kappa shape index (κ2) is 7.67. The average Bonchev–Trinajstić information content (AvgIpc) is 2.54. The zero-order chi connectivity index (χ0) is 15.1. The van der Waals surface area contributed by atoms with Gasteiger partial charge >= 0.3 is 0 Å². The highest BCUT2D eigenvalue weighted by molar-refractivity contribution is 5.44. The quantitative estimate of drug-likeness (QED) is 0.821. The van der Waals surface area contributed by atoms with Crippen LogP contribution in [0, 0.1) is 0 Å². The molecule has 1 atom stereocenters. The molecule has 4 heteroatoms. The number of hydrogen-bond donors (Lipinski definition) is 2. The van der Waals surface area contributed by atoms with Crippen molar-refractivity contribution in [2.75, 3.05) is 13.7 Å². The Morgan fingerprint density at radius 3 is 2.52 bits per heavy atom. The summed E-state index contributed by atoms with van der Waals surface area (Å²) in [5.74, 6) is 1.33. The molecule has 0 heterocycles. The van der Waals surface area contributed by atoms with Crippen LogP contribution in [-0.2, 0) is 6.61 Å². The third kappa shape index (κ3) is 4.21. The molecule has 4 nitrogen and oxygen atoms in total. The van der Waals surface area contributed by atoms with Crippen molar-refractivity contribution in [3.63, 3.8) is 0 Å². The molecule has 0 fully saturated rings. The molecule has 0 bridgehead atoms. The molecule has 2 aromatic rings. The molecule has 0 radical (unpaired) electrons. The minimum Gasteiger partial charge on any atom is -0.493 e. The molecule has 3 N–H and O–H groups in total. The fraction of sp³-hybridized carbons (Fsp3) is 0.294. The van der Waals surface area contributed by atoms with Crippen LogP contribution in [0.15, 0.2) is 48.5 Å². The van der Waals surface area contributed by atoms with Gasteiger partial charge in [0.15, 0.2) is 11.5 Å². The van der Waals surface area contributed by atoms with Crippen LogP contribution < -0.4 is 15.2 Å². The molecule has 2 rings (SSSR count). The van der Waals surface area contributed by atoms with Gasteiger partial charge < -0.3 is 20.3 Å². The zero-order valence-corrected chi connectivity index (χ0v) is 12.2. The molecular formula is C17H21NO3. The summed E-state index contributed by atoms with van der Waals surface area (Å²) in [6, 6.07) is 15.4. The van der Waals surface area contributed by atoms with Crippen LogP contribution in [0.4, 0.5) is 0 Å². The highest BCUT2D eigenvalue weighted by Gasteiger charge is 2.11. The molecule has 1 unspecified atom stereocenters. The molecule has 0 spiro atoms. The maximum atomic E-state index is 8.95. The summed E-state index contributed by atoms with van der Waals surface area (Å²) in [7, 11) is 1.60. The van der Waals surface area contributed by atoms with E-state index in [1.54, 1.807) is 7.11 Å². The first-order chi connectivity index (χ1) is 10.2. The average molecular weight is 287 g/mol. The number of aliphatic hydroxyl groups is 1. The van der Waals surface area contributed by atoms with E-state index < -0.39 is 0 Å². The predicted octanol–water partition coefficient (Wildman–Crippen LogP) is 2.66. The van der Waals surface area contributed by atoms with E-state index in [1.165, 1.54) is 0 Å². The molecule has 0 saturated carbocycles. The van der Waals surface area contributed by atoms with E-state index in [0.29, 0.717) is 24.5 Å². The van der Waals surface area contributed by atoms with Crippen LogP contribution in [0.1, 0.15) is 23.6 Å². The molecule has 21 heavy (non-hydrogen) atoms. The van der Waals surface area contributed by atoms with Crippen molar-refractivity contribution in [1.29, 1.82) is 0 Å². The second-order valence-electron chi connectivity index (χ2n) is 4.80. The van der Waals surface area contributed by atoms with Crippen LogP contribution in [-0.4, -0.2) is 18.8 Å². The number of benzene rings is 2. The highest BCUT2D eigenvalue weighted by atomic mass is 16.5. The SMILES string of the molecule is COc1cc(C(N)CCO)ccc1OCc1ccccc1. The smallest absolute Gasteiger partial charge is 0.161 e. The van der Waals surface area contributed by atoms with Crippen LogP contribution in [0.25, 0.3) is 0 Å². The van der Waals surface area contributed by atoms with E-state index in [0.717, 1.165) is 11.1 Å². The van der Waals surface area contributed by atoms with E-state index in [9.17, 15) is 0 Å². The van der Waals surface area contributed by atoms with Crippen molar-refractivity contribution in [3.05, 3.63) is 59.7 Å². The Kier molecular flexibility index (Phi) is 5.60. The first-order valence-corrected chi connectivity index (χ1v) is 6.95. The maximum absolute atomic E-state index is 8.95. The molecule has 0 saturated heterocycles. The molecule has 0 aliphatic heterocycles. The Morgan fingerprint density at radius 2 is 1.86 bits per heavy atom. The van der Waals surface area contributed by atoms with Crippen LogP contribution in [0.2, 0.25) is 0 Å². The number of rotatable bonds is 7. The van der Waals surface area contributed by atoms with Crippen LogP contribution in [0.5, 0.6) is 11.5 Å². The molecule has 112 valence electrons. The summed E-state index contributed by atoms with van der Waals surface area (Å²) in [5.41, 5.74) is 8.01. The zero-order valence-electron chi connectivity index (χ0n) is 12.2. The fourth-order valence-electron chi connectivity index (χ4n) is 2.08. The molecular weight excluding hydrogens is 266 g/mol. The number of aliphatic hydroxyl groups excluding tert-OH is 1. The summed E-state index contributed by atoms with van der Waals surface area (Å²) in [5, 5.41) is 8.95. The number of methoxy groups -OCH3 is 1. The Labute approximate surface area is 125 Å². The first-order valence-electron chi connectivity index (χ1n) is 6.95. The second-order valence-corrected chi connectivity index (χ2v) is 4.80. The van der Waals surface area contributed by atoms with E-state index in [-0.39, 0.29) is 12.6 Å². The summed E-state index contributed by atoms with van der Waals surface area (Å²) < 4.78 is 11.2. The fourth-order valence-corrected chi connectivity index (χ4v) is 2.08. The number of hydrogen-bond acceptors (Lipinski definition) is 4. The summed E-state index contributed by atoms with van der Waals surface area (Å²) in [4.78, 5) is 0. The van der Waals surface area contributed by atoms with Crippen molar-refractivity contribution in [3.8, 4) is 11.5 Å². The third-order valence-electron chi connectivity index (χ3n) is 3.29. The van der Waals surface area contributed by atoms with E-state index in [4.69, 9.17) is 20.3 Å². The number of nitrogens with two attached hydrogens (primary N) is 1. The van der Waals surface area contributed by atoms with E-state index >= 15 is 0 Å². The molecule has 0 aromatic heterocycles. The topological polar surface area (TPSA) is 64.7 Å².